The van der Waals surface area contributed by atoms with Crippen LogP contribution in [0.4, 0.5) is 0 Å². The van der Waals surface area contributed by atoms with Crippen LogP contribution in [0.2, 0.25) is 0 Å². The summed E-state index contributed by atoms with van der Waals surface area (Å²) in [6, 6.07) is 1.23. The van der Waals surface area contributed by atoms with Crippen molar-refractivity contribution < 1.29 is 4.74 Å². The average molecular weight is 242 g/mol. The van der Waals surface area contributed by atoms with Gasteiger partial charge in [-0.3, -0.25) is 4.90 Å². The van der Waals surface area contributed by atoms with Crippen molar-refractivity contribution in [3.8, 4) is 0 Å². The van der Waals surface area contributed by atoms with Crippen LogP contribution in [0.1, 0.15) is 41.0 Å². The number of nitrogens with one attached hydrogen (secondary N) is 1. The Morgan fingerprint density at radius 2 is 2.06 bits per heavy atom. The van der Waals surface area contributed by atoms with E-state index in [4.69, 9.17) is 4.74 Å². The molecule has 1 aliphatic rings. The van der Waals surface area contributed by atoms with Gasteiger partial charge in [0.15, 0.2) is 0 Å². The second-order valence-corrected chi connectivity index (χ2v) is 5.43. The summed E-state index contributed by atoms with van der Waals surface area (Å²) < 4.78 is 5.77. The second kappa shape index (κ2) is 7.34. The first-order chi connectivity index (χ1) is 8.10. The fourth-order valence-electron chi connectivity index (χ4n) is 2.59. The summed E-state index contributed by atoms with van der Waals surface area (Å²) in [4.78, 5) is 2.65. The highest BCUT2D eigenvalue weighted by Gasteiger charge is 2.31. The van der Waals surface area contributed by atoms with Gasteiger partial charge in [0.05, 0.1) is 12.7 Å². The van der Waals surface area contributed by atoms with Gasteiger partial charge in [0.2, 0.25) is 0 Å². The van der Waals surface area contributed by atoms with E-state index in [1.165, 1.54) is 6.42 Å². The average Bonchev–Trinajstić information content (AvgIpc) is 2.34. The quantitative estimate of drug-likeness (QED) is 0.772. The Bertz CT molecular complexity index is 210. The number of rotatable bonds is 6. The molecule has 0 aliphatic carbocycles. The smallest absolute Gasteiger partial charge is 0.0674 e. The molecular formula is C14H30N2O. The molecule has 1 fully saturated rings. The van der Waals surface area contributed by atoms with Crippen molar-refractivity contribution >= 4 is 0 Å². The second-order valence-electron chi connectivity index (χ2n) is 5.43. The summed E-state index contributed by atoms with van der Waals surface area (Å²) in [5, 5.41) is 3.45. The number of hydrogen-bond acceptors (Lipinski definition) is 3. The molecule has 0 aromatic carbocycles. The summed E-state index contributed by atoms with van der Waals surface area (Å²) in [7, 11) is 0. The molecule has 0 amide bonds. The zero-order valence-corrected chi connectivity index (χ0v) is 12.2. The standard InChI is InChI=1S/C14H30N2O/c1-6-14-10-17-12(4)9-16(14)13(5)11(3)8-15-7-2/h11-15H,6-10H2,1-5H3. The first-order valence-corrected chi connectivity index (χ1v) is 7.18. The maximum absolute atomic E-state index is 5.77. The van der Waals surface area contributed by atoms with E-state index >= 15 is 0 Å². The molecule has 0 spiro atoms. The summed E-state index contributed by atoms with van der Waals surface area (Å²) in [6.07, 6.45) is 1.57. The molecule has 102 valence electrons. The molecule has 1 heterocycles. The largest absolute Gasteiger partial charge is 0.376 e. The van der Waals surface area contributed by atoms with Crippen molar-refractivity contribution in [2.45, 2.75) is 59.2 Å². The first-order valence-electron chi connectivity index (χ1n) is 7.18. The van der Waals surface area contributed by atoms with E-state index in [1.807, 2.05) is 0 Å². The minimum absolute atomic E-state index is 0.381. The zero-order chi connectivity index (χ0) is 12.8. The Hall–Kier alpha value is -0.120. The predicted octanol–water partition coefficient (Wildman–Crippen LogP) is 2.12. The summed E-state index contributed by atoms with van der Waals surface area (Å²) in [5.74, 6) is 0.689. The van der Waals surface area contributed by atoms with Crippen LogP contribution in [0.5, 0.6) is 0 Å². The minimum Gasteiger partial charge on any atom is -0.376 e. The van der Waals surface area contributed by atoms with Crippen LogP contribution in [0, 0.1) is 5.92 Å². The zero-order valence-electron chi connectivity index (χ0n) is 12.2. The molecule has 0 radical (unpaired) electrons. The van der Waals surface area contributed by atoms with Crippen molar-refractivity contribution in [3.63, 3.8) is 0 Å². The summed E-state index contributed by atoms with van der Waals surface area (Å²) in [5.41, 5.74) is 0. The van der Waals surface area contributed by atoms with Gasteiger partial charge in [0, 0.05) is 18.6 Å². The van der Waals surface area contributed by atoms with E-state index in [-0.39, 0.29) is 0 Å². The molecule has 4 atom stereocenters. The van der Waals surface area contributed by atoms with Crippen LogP contribution in [0.3, 0.4) is 0 Å². The molecule has 1 N–H and O–H groups in total. The fraction of sp³-hybridized carbons (Fsp3) is 1.00. The normalized spacial score (nSPS) is 30.2. The van der Waals surface area contributed by atoms with E-state index in [0.29, 0.717) is 24.1 Å². The number of ether oxygens (including phenoxy) is 1. The van der Waals surface area contributed by atoms with Gasteiger partial charge < -0.3 is 10.1 Å². The molecule has 4 unspecified atom stereocenters. The highest BCUT2D eigenvalue weighted by molar-refractivity contribution is 4.84. The van der Waals surface area contributed by atoms with Gasteiger partial charge in [0.25, 0.3) is 0 Å². The van der Waals surface area contributed by atoms with Gasteiger partial charge in [0.1, 0.15) is 0 Å². The third-order valence-corrected chi connectivity index (χ3v) is 4.04. The van der Waals surface area contributed by atoms with Gasteiger partial charge in [-0.15, -0.1) is 0 Å². The lowest BCUT2D eigenvalue weighted by atomic mass is 9.98. The molecule has 3 heteroatoms. The van der Waals surface area contributed by atoms with E-state index in [9.17, 15) is 0 Å². The van der Waals surface area contributed by atoms with Gasteiger partial charge in [-0.2, -0.15) is 0 Å². The van der Waals surface area contributed by atoms with Crippen molar-refractivity contribution in [3.05, 3.63) is 0 Å². The Labute approximate surface area is 107 Å². The van der Waals surface area contributed by atoms with E-state index in [1.54, 1.807) is 0 Å². The third-order valence-electron chi connectivity index (χ3n) is 4.04. The Balaban J connectivity index is 2.53. The lowest BCUT2D eigenvalue weighted by Crippen LogP contribution is -2.54. The van der Waals surface area contributed by atoms with Crippen molar-refractivity contribution in [2.24, 2.45) is 5.92 Å². The topological polar surface area (TPSA) is 24.5 Å². The molecule has 0 aromatic heterocycles. The van der Waals surface area contributed by atoms with Gasteiger partial charge >= 0.3 is 0 Å². The number of nitrogens with zero attached hydrogens (tertiary/aromatic N) is 1. The monoisotopic (exact) mass is 242 g/mol. The highest BCUT2D eigenvalue weighted by atomic mass is 16.5. The van der Waals surface area contributed by atoms with Crippen LogP contribution in [0.15, 0.2) is 0 Å². The van der Waals surface area contributed by atoms with Gasteiger partial charge in [-0.25, -0.2) is 0 Å². The van der Waals surface area contributed by atoms with Crippen LogP contribution < -0.4 is 5.32 Å². The van der Waals surface area contributed by atoms with Gasteiger partial charge in [-0.1, -0.05) is 20.8 Å². The molecule has 0 bridgehead atoms. The Morgan fingerprint density at radius 3 is 2.65 bits per heavy atom. The first kappa shape index (κ1) is 14.9. The molecule has 1 rings (SSSR count). The van der Waals surface area contributed by atoms with Crippen LogP contribution in [-0.4, -0.2) is 49.3 Å². The Morgan fingerprint density at radius 1 is 1.35 bits per heavy atom. The van der Waals surface area contributed by atoms with Crippen molar-refractivity contribution in [1.82, 2.24) is 10.2 Å². The van der Waals surface area contributed by atoms with E-state index in [2.05, 4.69) is 44.8 Å². The summed E-state index contributed by atoms with van der Waals surface area (Å²) >= 11 is 0. The van der Waals surface area contributed by atoms with Crippen molar-refractivity contribution in [1.29, 1.82) is 0 Å². The molecule has 0 aromatic rings. The van der Waals surface area contributed by atoms with Crippen LogP contribution in [0.25, 0.3) is 0 Å². The van der Waals surface area contributed by atoms with Crippen LogP contribution >= 0.6 is 0 Å². The van der Waals surface area contributed by atoms with Crippen LogP contribution in [-0.2, 0) is 4.74 Å². The lowest BCUT2D eigenvalue weighted by Gasteiger charge is -2.44. The molecule has 3 nitrogen and oxygen atoms in total. The maximum atomic E-state index is 5.77. The number of hydrogen-bond donors (Lipinski definition) is 1. The van der Waals surface area contributed by atoms with E-state index in [0.717, 1.165) is 26.2 Å². The van der Waals surface area contributed by atoms with Crippen molar-refractivity contribution in [2.75, 3.05) is 26.2 Å². The van der Waals surface area contributed by atoms with Gasteiger partial charge in [-0.05, 0) is 39.3 Å². The van der Waals surface area contributed by atoms with E-state index < -0.39 is 0 Å². The Kier molecular flexibility index (Phi) is 6.45. The predicted molar refractivity (Wildman–Crippen MR) is 73.4 cm³/mol. The maximum Gasteiger partial charge on any atom is 0.0674 e. The molecular weight excluding hydrogens is 212 g/mol. The summed E-state index contributed by atoms with van der Waals surface area (Å²) in [6.45, 7) is 15.5. The molecule has 1 saturated heterocycles. The fourth-order valence-corrected chi connectivity index (χ4v) is 2.59. The molecule has 1 aliphatic heterocycles. The molecule has 17 heavy (non-hydrogen) atoms. The SMILES string of the molecule is CCNCC(C)C(C)N1CC(C)OCC1CC. The highest BCUT2D eigenvalue weighted by Crippen LogP contribution is 2.21. The molecule has 0 saturated carbocycles. The minimum atomic E-state index is 0.381. The third kappa shape index (κ3) is 4.23. The number of morpholine rings is 1. The lowest BCUT2D eigenvalue weighted by molar-refractivity contribution is -0.0770.